The molecule has 2 aromatic rings. The van der Waals surface area contributed by atoms with Gasteiger partial charge in [0.15, 0.2) is 0 Å². The van der Waals surface area contributed by atoms with E-state index in [1.165, 1.54) is 11.6 Å². The van der Waals surface area contributed by atoms with E-state index in [1.807, 2.05) is 12.1 Å². The Bertz CT molecular complexity index is 451. The predicted octanol–water partition coefficient (Wildman–Crippen LogP) is 2.48. The molecular weight excluding hydrogens is 177 g/mol. The van der Waals surface area contributed by atoms with E-state index >= 15 is 0 Å². The highest BCUT2D eigenvalue weighted by Crippen LogP contribution is 2.17. The van der Waals surface area contributed by atoms with Gasteiger partial charge in [-0.2, -0.15) is 0 Å². The van der Waals surface area contributed by atoms with Crippen LogP contribution in [0.2, 0.25) is 0 Å². The Labute approximate surface area is 82.3 Å². The molecule has 0 unspecified atom stereocenters. The van der Waals surface area contributed by atoms with Gasteiger partial charge < -0.3 is 5.73 Å². The minimum Gasteiger partial charge on any atom is -0.330 e. The molecule has 1 nitrogen and oxygen atoms in total. The summed E-state index contributed by atoms with van der Waals surface area (Å²) in [5, 5.41) is 2.00. The van der Waals surface area contributed by atoms with E-state index in [-0.39, 0.29) is 5.82 Å². The second-order valence-corrected chi connectivity index (χ2v) is 3.36. The molecule has 0 aliphatic carbocycles. The van der Waals surface area contributed by atoms with Crippen LogP contribution < -0.4 is 5.73 Å². The monoisotopic (exact) mass is 189 g/mol. The highest BCUT2D eigenvalue weighted by Gasteiger charge is 1.97. The molecule has 2 N–H and O–H groups in total. The number of fused-ring (bicyclic) bond motifs is 1. The summed E-state index contributed by atoms with van der Waals surface area (Å²) >= 11 is 0. The fourth-order valence-corrected chi connectivity index (χ4v) is 1.59. The smallest absolute Gasteiger partial charge is 0.123 e. The molecule has 0 amide bonds. The third-order valence-electron chi connectivity index (χ3n) is 2.30. The Kier molecular flexibility index (Phi) is 2.46. The minimum absolute atomic E-state index is 0.191. The highest BCUT2D eigenvalue weighted by molar-refractivity contribution is 5.83. The molecule has 0 bridgehead atoms. The van der Waals surface area contributed by atoms with E-state index in [9.17, 15) is 4.39 Å². The van der Waals surface area contributed by atoms with E-state index in [4.69, 9.17) is 5.73 Å². The Hall–Kier alpha value is -1.41. The first-order valence-electron chi connectivity index (χ1n) is 4.68. The Morgan fingerprint density at radius 1 is 1.00 bits per heavy atom. The van der Waals surface area contributed by atoms with Gasteiger partial charge in [0.1, 0.15) is 5.82 Å². The van der Waals surface area contributed by atoms with Crippen molar-refractivity contribution in [3.05, 3.63) is 47.8 Å². The lowest BCUT2D eigenvalue weighted by atomic mass is 10.1. The molecule has 2 rings (SSSR count). The summed E-state index contributed by atoms with van der Waals surface area (Å²) in [6, 6.07) is 10.8. The topological polar surface area (TPSA) is 26.0 Å². The molecule has 0 atom stereocenters. The van der Waals surface area contributed by atoms with E-state index in [1.54, 1.807) is 12.1 Å². The van der Waals surface area contributed by atoms with Crippen LogP contribution >= 0.6 is 0 Å². The molecule has 2 heteroatoms. The number of hydrogen-bond donors (Lipinski definition) is 1. The van der Waals surface area contributed by atoms with Crippen molar-refractivity contribution in [2.24, 2.45) is 5.73 Å². The molecule has 0 aliphatic rings. The summed E-state index contributed by atoms with van der Waals surface area (Å²) in [4.78, 5) is 0. The average molecular weight is 189 g/mol. The van der Waals surface area contributed by atoms with Crippen molar-refractivity contribution in [3.8, 4) is 0 Å². The van der Waals surface area contributed by atoms with Crippen LogP contribution in [0, 0.1) is 5.82 Å². The summed E-state index contributed by atoms with van der Waals surface area (Å²) in [5.74, 6) is -0.191. The molecule has 14 heavy (non-hydrogen) atoms. The lowest BCUT2D eigenvalue weighted by Crippen LogP contribution is -2.02. The molecule has 0 aromatic heterocycles. The minimum atomic E-state index is -0.191. The van der Waals surface area contributed by atoms with Gasteiger partial charge in [-0.3, -0.25) is 0 Å². The zero-order valence-electron chi connectivity index (χ0n) is 7.83. The van der Waals surface area contributed by atoms with Crippen molar-refractivity contribution in [2.75, 3.05) is 6.54 Å². The van der Waals surface area contributed by atoms with E-state index < -0.39 is 0 Å². The average Bonchev–Trinajstić information content (AvgIpc) is 2.19. The second kappa shape index (κ2) is 3.76. The van der Waals surface area contributed by atoms with Gasteiger partial charge in [0.25, 0.3) is 0 Å². The third-order valence-corrected chi connectivity index (χ3v) is 2.30. The Balaban J connectivity index is 2.50. The Morgan fingerprint density at radius 3 is 2.50 bits per heavy atom. The van der Waals surface area contributed by atoms with Crippen molar-refractivity contribution >= 4 is 10.8 Å². The highest BCUT2D eigenvalue weighted by atomic mass is 19.1. The van der Waals surface area contributed by atoms with Gasteiger partial charge in [-0.15, -0.1) is 0 Å². The molecule has 2 aromatic carbocycles. The standard InChI is InChI=1S/C12H12FN/c13-12-4-3-10-7-9(5-6-14)1-2-11(10)8-12/h1-4,7-8H,5-6,14H2. The number of benzene rings is 2. The van der Waals surface area contributed by atoms with Crippen LogP contribution in [0.3, 0.4) is 0 Å². The van der Waals surface area contributed by atoms with Gasteiger partial charge in [-0.25, -0.2) is 4.39 Å². The quantitative estimate of drug-likeness (QED) is 0.771. The lowest BCUT2D eigenvalue weighted by Gasteiger charge is -2.02. The first-order valence-corrected chi connectivity index (χ1v) is 4.68. The summed E-state index contributed by atoms with van der Waals surface area (Å²) in [6.45, 7) is 0.646. The SMILES string of the molecule is NCCc1ccc2cc(F)ccc2c1. The van der Waals surface area contributed by atoms with Gasteiger partial charge in [0, 0.05) is 0 Å². The molecular formula is C12H12FN. The van der Waals surface area contributed by atoms with Gasteiger partial charge >= 0.3 is 0 Å². The maximum Gasteiger partial charge on any atom is 0.123 e. The van der Waals surface area contributed by atoms with Gasteiger partial charge in [-0.1, -0.05) is 24.3 Å². The van der Waals surface area contributed by atoms with E-state index in [0.29, 0.717) is 6.54 Å². The van der Waals surface area contributed by atoms with Gasteiger partial charge in [0.2, 0.25) is 0 Å². The fourth-order valence-electron chi connectivity index (χ4n) is 1.59. The first kappa shape index (κ1) is 9.16. The van der Waals surface area contributed by atoms with Crippen LogP contribution in [0.4, 0.5) is 4.39 Å². The van der Waals surface area contributed by atoms with Gasteiger partial charge in [0.05, 0.1) is 0 Å². The second-order valence-electron chi connectivity index (χ2n) is 3.36. The molecule has 0 saturated heterocycles. The summed E-state index contributed by atoms with van der Waals surface area (Å²) < 4.78 is 12.9. The van der Waals surface area contributed by atoms with Crippen LogP contribution in [0.15, 0.2) is 36.4 Å². The van der Waals surface area contributed by atoms with Crippen molar-refractivity contribution in [1.82, 2.24) is 0 Å². The third kappa shape index (κ3) is 1.75. The molecule has 0 heterocycles. The zero-order chi connectivity index (χ0) is 9.97. The summed E-state index contributed by atoms with van der Waals surface area (Å²) in [5.41, 5.74) is 6.67. The number of rotatable bonds is 2. The molecule has 0 saturated carbocycles. The van der Waals surface area contributed by atoms with E-state index in [0.717, 1.165) is 17.2 Å². The maximum atomic E-state index is 12.9. The Morgan fingerprint density at radius 2 is 1.71 bits per heavy atom. The molecule has 72 valence electrons. The van der Waals surface area contributed by atoms with Crippen molar-refractivity contribution < 1.29 is 4.39 Å². The van der Waals surface area contributed by atoms with Crippen molar-refractivity contribution in [3.63, 3.8) is 0 Å². The van der Waals surface area contributed by atoms with Gasteiger partial charge in [-0.05, 0) is 41.4 Å². The maximum absolute atomic E-state index is 12.9. The normalized spacial score (nSPS) is 10.7. The van der Waals surface area contributed by atoms with E-state index in [2.05, 4.69) is 6.07 Å². The fraction of sp³-hybridized carbons (Fsp3) is 0.167. The molecule has 0 spiro atoms. The largest absolute Gasteiger partial charge is 0.330 e. The predicted molar refractivity (Wildman–Crippen MR) is 56.7 cm³/mol. The van der Waals surface area contributed by atoms with Crippen molar-refractivity contribution in [1.29, 1.82) is 0 Å². The number of nitrogens with two attached hydrogens (primary N) is 1. The van der Waals surface area contributed by atoms with Crippen molar-refractivity contribution in [2.45, 2.75) is 6.42 Å². The van der Waals surface area contributed by atoms with Crippen LogP contribution in [0.25, 0.3) is 10.8 Å². The van der Waals surface area contributed by atoms with Crippen LogP contribution in [0.5, 0.6) is 0 Å². The summed E-state index contributed by atoms with van der Waals surface area (Å²) in [7, 11) is 0. The number of hydrogen-bond acceptors (Lipinski definition) is 1. The zero-order valence-corrected chi connectivity index (χ0v) is 7.83. The molecule has 0 fully saturated rings. The van der Waals surface area contributed by atoms with Crippen LogP contribution in [-0.2, 0) is 6.42 Å². The summed E-state index contributed by atoms with van der Waals surface area (Å²) in [6.07, 6.45) is 0.868. The lowest BCUT2D eigenvalue weighted by molar-refractivity contribution is 0.630. The number of halogens is 1. The molecule has 0 aliphatic heterocycles. The van der Waals surface area contributed by atoms with Crippen LogP contribution in [-0.4, -0.2) is 6.54 Å². The van der Waals surface area contributed by atoms with Crippen LogP contribution in [0.1, 0.15) is 5.56 Å². The first-order chi connectivity index (χ1) is 6.79. The molecule has 0 radical (unpaired) electrons.